The summed E-state index contributed by atoms with van der Waals surface area (Å²) in [5.41, 5.74) is 0.698. The van der Waals surface area contributed by atoms with E-state index in [-0.39, 0.29) is 29.3 Å². The molecule has 1 fully saturated rings. The highest BCUT2D eigenvalue weighted by molar-refractivity contribution is 7.89. The van der Waals surface area contributed by atoms with Crippen molar-refractivity contribution < 1.29 is 23.0 Å². The molecule has 0 aliphatic carbocycles. The minimum absolute atomic E-state index is 0.0709. The highest BCUT2D eigenvalue weighted by atomic mass is 32.2. The predicted molar refractivity (Wildman–Crippen MR) is 82.6 cm³/mol. The van der Waals surface area contributed by atoms with Crippen molar-refractivity contribution in [3.05, 3.63) is 23.8 Å². The molecular weight excluding hydrogens is 306 g/mol. The summed E-state index contributed by atoms with van der Waals surface area (Å²) in [7, 11) is -2.39. The number of hydrogen-bond donors (Lipinski definition) is 2. The molecule has 0 aromatic heterocycles. The molecular formula is C15H23NO5S. The van der Waals surface area contributed by atoms with Crippen LogP contribution in [0.4, 0.5) is 0 Å². The molecule has 2 rings (SSSR count). The number of methoxy groups -OCH3 is 1. The first-order chi connectivity index (χ1) is 10.1. The summed E-state index contributed by atoms with van der Waals surface area (Å²) in [6, 6.07) is 4.47. The first kappa shape index (κ1) is 17.2. The van der Waals surface area contributed by atoms with Gasteiger partial charge in [-0.2, -0.15) is 0 Å². The average molecular weight is 329 g/mol. The zero-order valence-electron chi connectivity index (χ0n) is 13.3. The van der Waals surface area contributed by atoms with Crippen molar-refractivity contribution in [1.29, 1.82) is 0 Å². The monoisotopic (exact) mass is 329 g/mol. The van der Waals surface area contributed by atoms with Gasteiger partial charge in [-0.05, 0) is 23.1 Å². The number of aliphatic hydroxyl groups excluding tert-OH is 1. The molecule has 0 bridgehead atoms. The van der Waals surface area contributed by atoms with Gasteiger partial charge in [0.1, 0.15) is 10.6 Å². The van der Waals surface area contributed by atoms with Crippen LogP contribution in [0.15, 0.2) is 23.1 Å². The van der Waals surface area contributed by atoms with Crippen LogP contribution < -0.4 is 9.46 Å². The Labute approximate surface area is 131 Å². The SMILES string of the molecule is COc1ccc(C(C)(C)C)cc1S(=O)(=O)N[C@H]1COC[C@@H]1O. The van der Waals surface area contributed by atoms with Crippen LogP contribution in [0, 0.1) is 0 Å². The van der Waals surface area contributed by atoms with Gasteiger partial charge in [-0.3, -0.25) is 0 Å². The van der Waals surface area contributed by atoms with Gasteiger partial charge in [0.2, 0.25) is 10.0 Å². The number of hydrogen-bond acceptors (Lipinski definition) is 5. The van der Waals surface area contributed by atoms with Gasteiger partial charge in [0, 0.05) is 0 Å². The fourth-order valence-corrected chi connectivity index (χ4v) is 3.72. The number of benzene rings is 1. The molecule has 6 nitrogen and oxygen atoms in total. The molecule has 2 atom stereocenters. The Bertz CT molecular complexity index is 636. The molecule has 124 valence electrons. The molecule has 0 amide bonds. The smallest absolute Gasteiger partial charge is 0.244 e. The van der Waals surface area contributed by atoms with E-state index in [9.17, 15) is 13.5 Å². The van der Waals surface area contributed by atoms with E-state index >= 15 is 0 Å². The maximum atomic E-state index is 12.6. The summed E-state index contributed by atoms with van der Waals surface area (Å²) >= 11 is 0. The van der Waals surface area contributed by atoms with Gasteiger partial charge in [-0.15, -0.1) is 0 Å². The molecule has 1 aliphatic rings. The maximum Gasteiger partial charge on any atom is 0.244 e. The van der Waals surface area contributed by atoms with Gasteiger partial charge in [-0.1, -0.05) is 26.8 Å². The molecule has 0 unspecified atom stereocenters. The van der Waals surface area contributed by atoms with Crippen molar-refractivity contribution in [3.8, 4) is 5.75 Å². The van der Waals surface area contributed by atoms with Crippen LogP contribution in [-0.4, -0.2) is 46.0 Å². The summed E-state index contributed by atoms with van der Waals surface area (Å²) < 4.78 is 38.0. The molecule has 1 heterocycles. The van der Waals surface area contributed by atoms with Crippen molar-refractivity contribution in [2.75, 3.05) is 20.3 Å². The van der Waals surface area contributed by atoms with E-state index in [1.807, 2.05) is 26.8 Å². The van der Waals surface area contributed by atoms with Crippen molar-refractivity contribution in [1.82, 2.24) is 4.72 Å². The molecule has 1 saturated heterocycles. The van der Waals surface area contributed by atoms with E-state index < -0.39 is 22.2 Å². The van der Waals surface area contributed by atoms with Gasteiger partial charge >= 0.3 is 0 Å². The van der Waals surface area contributed by atoms with Crippen molar-refractivity contribution >= 4 is 10.0 Å². The lowest BCUT2D eigenvalue weighted by molar-refractivity contribution is 0.124. The molecule has 1 aliphatic heterocycles. The molecule has 0 saturated carbocycles. The van der Waals surface area contributed by atoms with Crippen LogP contribution in [0.25, 0.3) is 0 Å². The van der Waals surface area contributed by atoms with E-state index in [2.05, 4.69) is 4.72 Å². The predicted octanol–water partition coefficient (Wildman–Crippen LogP) is 1.03. The van der Waals surface area contributed by atoms with E-state index in [4.69, 9.17) is 9.47 Å². The zero-order valence-corrected chi connectivity index (χ0v) is 14.1. The lowest BCUT2D eigenvalue weighted by atomic mass is 9.87. The van der Waals surface area contributed by atoms with Gasteiger partial charge in [0.25, 0.3) is 0 Å². The Morgan fingerprint density at radius 1 is 1.32 bits per heavy atom. The van der Waals surface area contributed by atoms with E-state index in [0.717, 1.165) is 5.56 Å². The second-order valence-electron chi connectivity index (χ2n) is 6.45. The summed E-state index contributed by atoms with van der Waals surface area (Å²) in [5.74, 6) is 0.272. The molecule has 0 radical (unpaired) electrons. The summed E-state index contributed by atoms with van der Waals surface area (Å²) in [4.78, 5) is 0.0709. The number of nitrogens with one attached hydrogen (secondary N) is 1. The Morgan fingerprint density at radius 3 is 2.50 bits per heavy atom. The van der Waals surface area contributed by atoms with Gasteiger partial charge in [0.05, 0.1) is 32.5 Å². The Balaban J connectivity index is 2.40. The quantitative estimate of drug-likeness (QED) is 0.862. The third-order valence-electron chi connectivity index (χ3n) is 3.68. The van der Waals surface area contributed by atoms with Crippen LogP contribution >= 0.6 is 0 Å². The first-order valence-electron chi connectivity index (χ1n) is 7.12. The molecule has 1 aromatic carbocycles. The highest BCUT2D eigenvalue weighted by Crippen LogP contribution is 2.31. The van der Waals surface area contributed by atoms with E-state index in [1.165, 1.54) is 7.11 Å². The summed E-state index contributed by atoms with van der Waals surface area (Å²) in [6.45, 7) is 6.31. The summed E-state index contributed by atoms with van der Waals surface area (Å²) in [5, 5.41) is 9.73. The molecule has 22 heavy (non-hydrogen) atoms. The fraction of sp³-hybridized carbons (Fsp3) is 0.600. The zero-order chi connectivity index (χ0) is 16.5. The number of ether oxygens (including phenoxy) is 2. The van der Waals surface area contributed by atoms with Gasteiger partial charge in [0.15, 0.2) is 0 Å². The van der Waals surface area contributed by atoms with Crippen LogP contribution in [0.1, 0.15) is 26.3 Å². The number of sulfonamides is 1. The standard InChI is InChI=1S/C15H23NO5S/c1-15(2,3)10-5-6-13(20-4)14(7-10)22(18,19)16-11-8-21-9-12(11)17/h5-7,11-12,16-17H,8-9H2,1-4H3/t11-,12-/m0/s1. The lowest BCUT2D eigenvalue weighted by Gasteiger charge is -2.22. The second kappa shape index (κ2) is 6.16. The van der Waals surface area contributed by atoms with Crippen LogP contribution in [0.5, 0.6) is 5.75 Å². The van der Waals surface area contributed by atoms with E-state index in [0.29, 0.717) is 0 Å². The van der Waals surface area contributed by atoms with Crippen molar-refractivity contribution in [2.45, 2.75) is 43.2 Å². The minimum atomic E-state index is -3.82. The normalized spacial score (nSPS) is 22.8. The van der Waals surface area contributed by atoms with E-state index in [1.54, 1.807) is 12.1 Å². The molecule has 7 heteroatoms. The first-order valence-corrected chi connectivity index (χ1v) is 8.60. The topological polar surface area (TPSA) is 84.9 Å². The highest BCUT2D eigenvalue weighted by Gasteiger charge is 2.32. The van der Waals surface area contributed by atoms with Crippen LogP contribution in [0.3, 0.4) is 0 Å². The van der Waals surface area contributed by atoms with Crippen molar-refractivity contribution in [2.24, 2.45) is 0 Å². The minimum Gasteiger partial charge on any atom is -0.495 e. The van der Waals surface area contributed by atoms with Crippen molar-refractivity contribution in [3.63, 3.8) is 0 Å². The van der Waals surface area contributed by atoms with Gasteiger partial charge < -0.3 is 14.6 Å². The maximum absolute atomic E-state index is 12.6. The summed E-state index contributed by atoms with van der Waals surface area (Å²) in [6.07, 6.45) is -0.841. The largest absolute Gasteiger partial charge is 0.495 e. The Kier molecular flexibility index (Phi) is 4.81. The molecule has 1 aromatic rings. The third-order valence-corrected chi connectivity index (χ3v) is 5.19. The Morgan fingerprint density at radius 2 is 2.00 bits per heavy atom. The Hall–Kier alpha value is -1.15. The fourth-order valence-electron chi connectivity index (χ4n) is 2.27. The second-order valence-corrected chi connectivity index (χ2v) is 8.13. The average Bonchev–Trinajstić information content (AvgIpc) is 2.82. The van der Waals surface area contributed by atoms with Crippen LogP contribution in [0.2, 0.25) is 0 Å². The third kappa shape index (κ3) is 3.60. The molecule has 0 spiro atoms. The number of aliphatic hydroxyl groups is 1. The van der Waals surface area contributed by atoms with Gasteiger partial charge in [-0.25, -0.2) is 13.1 Å². The van der Waals surface area contributed by atoms with Crippen LogP contribution in [-0.2, 0) is 20.2 Å². The lowest BCUT2D eigenvalue weighted by Crippen LogP contribution is -2.42. The molecule has 2 N–H and O–H groups in total. The number of rotatable bonds is 4.